The Hall–Kier alpha value is -2.40. The van der Waals surface area contributed by atoms with Gasteiger partial charge in [0.1, 0.15) is 11.9 Å². The van der Waals surface area contributed by atoms with E-state index in [9.17, 15) is 14.0 Å². The summed E-state index contributed by atoms with van der Waals surface area (Å²) in [6.07, 6.45) is 0.926. The molecule has 150 valence electrons. The maximum Gasteiger partial charge on any atom is 0.242 e. The molecule has 0 heterocycles. The summed E-state index contributed by atoms with van der Waals surface area (Å²) in [6.45, 7) is 5.82. The zero-order chi connectivity index (χ0) is 20.7. The van der Waals surface area contributed by atoms with Crippen molar-refractivity contribution >= 4 is 23.4 Å². The molecule has 0 aromatic heterocycles. The highest BCUT2D eigenvalue weighted by atomic mass is 35.5. The SMILES string of the molecule is CC[C@H](C)NC(=O)[C@H](C)N(Cc1ccc(F)cc1)C(=O)Cc1cccc(Cl)c1. The highest BCUT2D eigenvalue weighted by Gasteiger charge is 2.26. The lowest BCUT2D eigenvalue weighted by molar-refractivity contribution is -0.140. The predicted octanol–water partition coefficient (Wildman–Crippen LogP) is 4.35. The van der Waals surface area contributed by atoms with E-state index in [-0.39, 0.29) is 36.6 Å². The van der Waals surface area contributed by atoms with Crippen LogP contribution in [-0.2, 0) is 22.6 Å². The Morgan fingerprint density at radius 2 is 1.79 bits per heavy atom. The number of amides is 2. The third-order valence-corrected chi connectivity index (χ3v) is 4.91. The monoisotopic (exact) mass is 404 g/mol. The van der Waals surface area contributed by atoms with Crippen molar-refractivity contribution in [3.63, 3.8) is 0 Å². The maximum absolute atomic E-state index is 13.2. The second-order valence-corrected chi connectivity index (χ2v) is 7.39. The molecule has 2 aromatic carbocycles. The van der Waals surface area contributed by atoms with Crippen LogP contribution in [0.1, 0.15) is 38.3 Å². The first kappa shape index (κ1) is 21.9. The molecule has 28 heavy (non-hydrogen) atoms. The fourth-order valence-corrected chi connectivity index (χ4v) is 2.97. The van der Waals surface area contributed by atoms with Crippen LogP contribution in [0.5, 0.6) is 0 Å². The molecule has 0 bridgehead atoms. The number of hydrogen-bond acceptors (Lipinski definition) is 2. The van der Waals surface area contributed by atoms with E-state index in [1.165, 1.54) is 17.0 Å². The molecule has 0 aliphatic heterocycles. The van der Waals surface area contributed by atoms with E-state index in [1.54, 1.807) is 37.3 Å². The number of carbonyl (C=O) groups is 2. The van der Waals surface area contributed by atoms with Gasteiger partial charge >= 0.3 is 0 Å². The minimum atomic E-state index is -0.661. The first-order valence-electron chi connectivity index (χ1n) is 9.39. The quantitative estimate of drug-likeness (QED) is 0.710. The van der Waals surface area contributed by atoms with Crippen LogP contribution in [-0.4, -0.2) is 28.8 Å². The molecule has 2 atom stereocenters. The molecule has 2 aromatic rings. The number of nitrogens with one attached hydrogen (secondary N) is 1. The van der Waals surface area contributed by atoms with Crippen LogP contribution in [0.25, 0.3) is 0 Å². The number of benzene rings is 2. The minimum absolute atomic E-state index is 0.0191. The second-order valence-electron chi connectivity index (χ2n) is 6.95. The molecule has 4 nitrogen and oxygen atoms in total. The Morgan fingerprint density at radius 3 is 2.39 bits per heavy atom. The summed E-state index contributed by atoms with van der Waals surface area (Å²) in [5.41, 5.74) is 1.53. The van der Waals surface area contributed by atoms with E-state index in [0.717, 1.165) is 17.5 Å². The lowest BCUT2D eigenvalue weighted by Crippen LogP contribution is -2.49. The highest BCUT2D eigenvalue weighted by Crippen LogP contribution is 2.16. The Bertz CT molecular complexity index is 810. The molecule has 2 amide bonds. The van der Waals surface area contributed by atoms with Crippen molar-refractivity contribution in [2.45, 2.75) is 52.2 Å². The minimum Gasteiger partial charge on any atom is -0.352 e. The lowest BCUT2D eigenvalue weighted by Gasteiger charge is -2.30. The normalized spacial score (nSPS) is 12.9. The van der Waals surface area contributed by atoms with E-state index in [4.69, 9.17) is 11.6 Å². The second kappa shape index (κ2) is 10.2. The van der Waals surface area contributed by atoms with Gasteiger partial charge < -0.3 is 10.2 Å². The molecule has 0 fully saturated rings. The van der Waals surface area contributed by atoms with Crippen molar-refractivity contribution in [2.24, 2.45) is 0 Å². The van der Waals surface area contributed by atoms with Gasteiger partial charge in [0.2, 0.25) is 11.8 Å². The van der Waals surface area contributed by atoms with Crippen molar-refractivity contribution in [3.05, 3.63) is 70.5 Å². The molecule has 0 saturated heterocycles. The Morgan fingerprint density at radius 1 is 1.11 bits per heavy atom. The predicted molar refractivity (Wildman–Crippen MR) is 109 cm³/mol. The van der Waals surface area contributed by atoms with Gasteiger partial charge in [0.15, 0.2) is 0 Å². The third kappa shape index (κ3) is 6.34. The Kier molecular flexibility index (Phi) is 8.00. The molecule has 0 spiro atoms. The number of halogens is 2. The number of hydrogen-bond donors (Lipinski definition) is 1. The fraction of sp³-hybridized carbons (Fsp3) is 0.364. The molecule has 0 unspecified atom stereocenters. The topological polar surface area (TPSA) is 49.4 Å². The van der Waals surface area contributed by atoms with Crippen LogP contribution in [0.3, 0.4) is 0 Å². The van der Waals surface area contributed by atoms with E-state index >= 15 is 0 Å². The van der Waals surface area contributed by atoms with Crippen molar-refractivity contribution in [1.82, 2.24) is 10.2 Å². The molecule has 0 aliphatic carbocycles. The van der Waals surface area contributed by atoms with Gasteiger partial charge in [-0.25, -0.2) is 4.39 Å². The van der Waals surface area contributed by atoms with Gasteiger partial charge in [0.05, 0.1) is 6.42 Å². The summed E-state index contributed by atoms with van der Waals surface area (Å²) in [5, 5.41) is 3.47. The van der Waals surface area contributed by atoms with Crippen molar-refractivity contribution in [2.75, 3.05) is 0 Å². The van der Waals surface area contributed by atoms with Gasteiger partial charge in [0, 0.05) is 17.6 Å². The molecule has 2 rings (SSSR count). The molecule has 0 aliphatic rings. The van der Waals surface area contributed by atoms with Crippen LogP contribution >= 0.6 is 11.6 Å². The zero-order valence-corrected chi connectivity index (χ0v) is 17.2. The van der Waals surface area contributed by atoms with Gasteiger partial charge in [-0.3, -0.25) is 9.59 Å². The zero-order valence-electron chi connectivity index (χ0n) is 16.4. The molecule has 1 N–H and O–H groups in total. The van der Waals surface area contributed by atoms with E-state index < -0.39 is 6.04 Å². The van der Waals surface area contributed by atoms with Crippen molar-refractivity contribution in [1.29, 1.82) is 0 Å². The van der Waals surface area contributed by atoms with Crippen molar-refractivity contribution in [3.8, 4) is 0 Å². The van der Waals surface area contributed by atoms with E-state index in [0.29, 0.717) is 5.02 Å². The maximum atomic E-state index is 13.2. The summed E-state index contributed by atoms with van der Waals surface area (Å²) in [4.78, 5) is 27.2. The van der Waals surface area contributed by atoms with Crippen LogP contribution in [0.15, 0.2) is 48.5 Å². The van der Waals surface area contributed by atoms with Crippen LogP contribution < -0.4 is 5.32 Å². The van der Waals surface area contributed by atoms with Gasteiger partial charge in [0.25, 0.3) is 0 Å². The van der Waals surface area contributed by atoms with Crippen molar-refractivity contribution < 1.29 is 14.0 Å². The van der Waals surface area contributed by atoms with Crippen LogP contribution in [0.4, 0.5) is 4.39 Å². The lowest BCUT2D eigenvalue weighted by atomic mass is 10.1. The highest BCUT2D eigenvalue weighted by molar-refractivity contribution is 6.30. The van der Waals surface area contributed by atoms with Gasteiger partial charge in [-0.15, -0.1) is 0 Å². The first-order valence-corrected chi connectivity index (χ1v) is 9.76. The average Bonchev–Trinajstić information content (AvgIpc) is 2.66. The van der Waals surface area contributed by atoms with Gasteiger partial charge in [-0.1, -0.05) is 42.8 Å². The molecular formula is C22H26ClFN2O2. The summed E-state index contributed by atoms with van der Waals surface area (Å²) >= 11 is 6.01. The van der Waals surface area contributed by atoms with Crippen LogP contribution in [0, 0.1) is 5.82 Å². The van der Waals surface area contributed by atoms with Gasteiger partial charge in [-0.2, -0.15) is 0 Å². The number of carbonyl (C=O) groups excluding carboxylic acids is 2. The summed E-state index contributed by atoms with van der Waals surface area (Å²) in [7, 11) is 0. The summed E-state index contributed by atoms with van der Waals surface area (Å²) in [6, 6.07) is 12.4. The molecule has 6 heteroatoms. The third-order valence-electron chi connectivity index (χ3n) is 4.68. The summed E-state index contributed by atoms with van der Waals surface area (Å²) in [5.74, 6) is -0.752. The Labute approximate surface area is 170 Å². The molecule has 0 radical (unpaired) electrons. The fourth-order valence-electron chi connectivity index (χ4n) is 2.76. The largest absolute Gasteiger partial charge is 0.352 e. The molecule has 0 saturated carbocycles. The number of rotatable bonds is 8. The van der Waals surface area contributed by atoms with Gasteiger partial charge in [-0.05, 0) is 55.7 Å². The average molecular weight is 405 g/mol. The summed E-state index contributed by atoms with van der Waals surface area (Å²) < 4.78 is 13.2. The first-order chi connectivity index (χ1) is 13.3. The van der Waals surface area contributed by atoms with E-state index in [2.05, 4.69) is 5.32 Å². The standard InChI is InChI=1S/C22H26ClFN2O2/c1-4-15(2)25-22(28)16(3)26(14-17-8-10-20(24)11-9-17)21(27)13-18-6-5-7-19(23)12-18/h5-12,15-16H,4,13-14H2,1-3H3,(H,25,28)/t15-,16-/m0/s1. The molecular weight excluding hydrogens is 379 g/mol. The van der Waals surface area contributed by atoms with Crippen LogP contribution in [0.2, 0.25) is 5.02 Å². The van der Waals surface area contributed by atoms with E-state index in [1.807, 2.05) is 19.9 Å². The number of nitrogens with zero attached hydrogens (tertiary/aromatic N) is 1. The Balaban J connectivity index is 2.22. The smallest absolute Gasteiger partial charge is 0.242 e.